The van der Waals surface area contributed by atoms with Crippen molar-refractivity contribution in [1.82, 2.24) is 0 Å². The molecule has 0 saturated heterocycles. The molecule has 1 heterocycles. The van der Waals surface area contributed by atoms with Gasteiger partial charge in [-0.05, 0) is 51.1 Å². The average molecular weight is 346 g/mol. The quantitative estimate of drug-likeness (QED) is 0.832. The molecule has 1 aliphatic heterocycles. The van der Waals surface area contributed by atoms with Gasteiger partial charge in [-0.15, -0.1) is 0 Å². The number of hydrogen-bond acceptors (Lipinski definition) is 3. The van der Waals surface area contributed by atoms with Gasteiger partial charge in [0.05, 0.1) is 12.2 Å². The first-order chi connectivity index (χ1) is 11.4. The van der Waals surface area contributed by atoms with Crippen molar-refractivity contribution in [3.8, 4) is 11.5 Å². The lowest BCUT2D eigenvalue weighted by Crippen LogP contribution is -2.53. The second-order valence-electron chi connectivity index (χ2n) is 6.34. The van der Waals surface area contributed by atoms with E-state index in [1.54, 1.807) is 36.9 Å². The highest BCUT2D eigenvalue weighted by atomic mass is 35.5. The topological polar surface area (TPSA) is 38.8 Å². The van der Waals surface area contributed by atoms with Gasteiger partial charge in [0, 0.05) is 5.02 Å². The van der Waals surface area contributed by atoms with E-state index in [9.17, 15) is 4.79 Å². The number of aryl methyl sites for hydroxylation is 1. The van der Waals surface area contributed by atoms with Crippen LogP contribution in [0.1, 0.15) is 19.4 Å². The normalized spacial score (nSPS) is 15.7. The van der Waals surface area contributed by atoms with E-state index < -0.39 is 5.60 Å². The van der Waals surface area contributed by atoms with Gasteiger partial charge >= 0.3 is 0 Å². The van der Waals surface area contributed by atoms with Crippen LogP contribution in [-0.4, -0.2) is 24.7 Å². The van der Waals surface area contributed by atoms with Crippen molar-refractivity contribution >= 4 is 23.2 Å². The lowest BCUT2D eigenvalue weighted by Gasteiger charge is -2.38. The minimum Gasteiger partial charge on any atom is -0.492 e. The maximum Gasteiger partial charge on any atom is 0.270 e. The first kappa shape index (κ1) is 16.7. The maximum absolute atomic E-state index is 12.7. The molecular formula is C19H20ClNO3. The zero-order chi connectivity index (χ0) is 17.3. The summed E-state index contributed by atoms with van der Waals surface area (Å²) in [4.78, 5) is 14.4. The summed E-state index contributed by atoms with van der Waals surface area (Å²) < 4.78 is 11.6. The third-order valence-electron chi connectivity index (χ3n) is 3.94. The smallest absolute Gasteiger partial charge is 0.270 e. The number of ether oxygens (including phenoxy) is 2. The van der Waals surface area contributed by atoms with Crippen LogP contribution in [0.3, 0.4) is 0 Å². The van der Waals surface area contributed by atoms with E-state index in [1.807, 2.05) is 31.2 Å². The molecular weight excluding hydrogens is 326 g/mol. The zero-order valence-corrected chi connectivity index (χ0v) is 14.8. The van der Waals surface area contributed by atoms with Gasteiger partial charge in [0.2, 0.25) is 0 Å². The third-order valence-corrected chi connectivity index (χ3v) is 4.18. The van der Waals surface area contributed by atoms with E-state index in [-0.39, 0.29) is 5.91 Å². The Balaban J connectivity index is 1.77. The molecule has 3 rings (SSSR count). The van der Waals surface area contributed by atoms with Crippen molar-refractivity contribution in [3.63, 3.8) is 0 Å². The first-order valence-electron chi connectivity index (χ1n) is 7.87. The summed E-state index contributed by atoms with van der Waals surface area (Å²) in [5, 5.41) is 0.564. The van der Waals surface area contributed by atoms with Gasteiger partial charge in [-0.3, -0.25) is 4.79 Å². The van der Waals surface area contributed by atoms with Crippen LogP contribution >= 0.6 is 11.6 Å². The summed E-state index contributed by atoms with van der Waals surface area (Å²) in [5.74, 6) is 1.33. The fraction of sp³-hybridized carbons (Fsp3) is 0.316. The fourth-order valence-electron chi connectivity index (χ4n) is 2.65. The van der Waals surface area contributed by atoms with Gasteiger partial charge in [-0.25, -0.2) is 0 Å². The van der Waals surface area contributed by atoms with Crippen LogP contribution in [-0.2, 0) is 4.79 Å². The maximum atomic E-state index is 12.7. The van der Waals surface area contributed by atoms with Crippen LogP contribution in [0, 0.1) is 6.92 Å². The Kier molecular flexibility index (Phi) is 4.41. The minimum atomic E-state index is -0.912. The Labute approximate surface area is 146 Å². The number of carbonyl (C=O) groups excluding carboxylic acids is 1. The van der Waals surface area contributed by atoms with Crippen LogP contribution in [0.4, 0.5) is 5.69 Å². The summed E-state index contributed by atoms with van der Waals surface area (Å²) in [6, 6.07) is 13.1. The molecule has 0 spiro atoms. The minimum absolute atomic E-state index is 0.107. The molecule has 0 bridgehead atoms. The van der Waals surface area contributed by atoms with Crippen LogP contribution < -0.4 is 14.4 Å². The number of carbonyl (C=O) groups is 1. The van der Waals surface area contributed by atoms with Crippen molar-refractivity contribution < 1.29 is 14.3 Å². The van der Waals surface area contributed by atoms with E-state index in [0.29, 0.717) is 29.6 Å². The molecule has 5 heteroatoms. The highest BCUT2D eigenvalue weighted by molar-refractivity contribution is 6.31. The van der Waals surface area contributed by atoms with Gasteiger partial charge in [-0.2, -0.15) is 0 Å². The van der Waals surface area contributed by atoms with Crippen molar-refractivity contribution in [3.05, 3.63) is 53.1 Å². The largest absolute Gasteiger partial charge is 0.492 e. The van der Waals surface area contributed by atoms with Crippen molar-refractivity contribution in [2.24, 2.45) is 0 Å². The lowest BCUT2D eigenvalue weighted by atomic mass is 10.0. The molecule has 2 aromatic rings. The van der Waals surface area contributed by atoms with Crippen LogP contribution in [0.15, 0.2) is 42.5 Å². The summed E-state index contributed by atoms with van der Waals surface area (Å²) in [6.07, 6.45) is 0. The van der Waals surface area contributed by atoms with Gasteiger partial charge in [0.1, 0.15) is 18.1 Å². The molecule has 0 fully saturated rings. The Hall–Kier alpha value is -2.20. The van der Waals surface area contributed by atoms with Gasteiger partial charge in [0.15, 0.2) is 5.60 Å². The second-order valence-corrected chi connectivity index (χ2v) is 6.78. The highest BCUT2D eigenvalue weighted by Gasteiger charge is 2.40. The van der Waals surface area contributed by atoms with E-state index in [2.05, 4.69) is 0 Å². The molecule has 0 aromatic heterocycles. The van der Waals surface area contributed by atoms with E-state index >= 15 is 0 Å². The molecule has 2 aromatic carbocycles. The molecule has 0 atom stereocenters. The molecule has 126 valence electrons. The lowest BCUT2D eigenvalue weighted by molar-refractivity contribution is -0.132. The van der Waals surface area contributed by atoms with Crippen molar-refractivity contribution in [1.29, 1.82) is 0 Å². The predicted octanol–water partition coefficient (Wildman–Crippen LogP) is 4.23. The Morgan fingerprint density at radius 3 is 2.58 bits per heavy atom. The van der Waals surface area contributed by atoms with Crippen molar-refractivity contribution in [2.75, 3.05) is 18.1 Å². The zero-order valence-electron chi connectivity index (χ0n) is 14.0. The molecule has 0 N–H and O–H groups in total. The molecule has 4 nitrogen and oxygen atoms in total. The summed E-state index contributed by atoms with van der Waals surface area (Å²) in [5.41, 5.74) is 0.945. The standard InChI is InChI=1S/C19H20ClNO3/c1-13-4-7-15(8-5-13)23-11-10-21-16-12-14(20)6-9-17(16)24-19(2,3)18(21)22/h4-9,12H,10-11H2,1-3H3. The Morgan fingerprint density at radius 2 is 1.88 bits per heavy atom. The number of fused-ring (bicyclic) bond motifs is 1. The van der Waals surface area contributed by atoms with E-state index in [0.717, 1.165) is 5.75 Å². The average Bonchev–Trinajstić information content (AvgIpc) is 2.53. The SMILES string of the molecule is Cc1ccc(OCCN2C(=O)C(C)(C)Oc3ccc(Cl)cc32)cc1. The van der Waals surface area contributed by atoms with Gasteiger partial charge in [0.25, 0.3) is 5.91 Å². The van der Waals surface area contributed by atoms with Crippen LogP contribution in [0.25, 0.3) is 0 Å². The second kappa shape index (κ2) is 6.36. The number of hydrogen-bond donors (Lipinski definition) is 0. The predicted molar refractivity (Wildman–Crippen MR) is 95.2 cm³/mol. The monoisotopic (exact) mass is 345 g/mol. The first-order valence-corrected chi connectivity index (χ1v) is 8.24. The van der Waals surface area contributed by atoms with Crippen LogP contribution in [0.2, 0.25) is 5.02 Å². The summed E-state index contributed by atoms with van der Waals surface area (Å²) in [7, 11) is 0. The Bertz CT molecular complexity index is 756. The van der Waals surface area contributed by atoms with Gasteiger partial charge in [-0.1, -0.05) is 29.3 Å². The molecule has 1 aliphatic rings. The number of nitrogens with zero attached hydrogens (tertiary/aromatic N) is 1. The summed E-state index contributed by atoms with van der Waals surface area (Å²) >= 11 is 6.08. The molecule has 24 heavy (non-hydrogen) atoms. The van der Waals surface area contributed by atoms with Crippen LogP contribution in [0.5, 0.6) is 11.5 Å². The Morgan fingerprint density at radius 1 is 1.17 bits per heavy atom. The number of anilines is 1. The third kappa shape index (κ3) is 3.34. The number of benzene rings is 2. The summed E-state index contributed by atoms with van der Waals surface area (Å²) in [6.45, 7) is 6.37. The van der Waals surface area contributed by atoms with E-state index in [1.165, 1.54) is 5.56 Å². The van der Waals surface area contributed by atoms with Crippen molar-refractivity contribution in [2.45, 2.75) is 26.4 Å². The number of rotatable bonds is 4. The highest BCUT2D eigenvalue weighted by Crippen LogP contribution is 2.39. The molecule has 0 radical (unpaired) electrons. The fourth-order valence-corrected chi connectivity index (χ4v) is 2.82. The molecule has 0 saturated carbocycles. The van der Waals surface area contributed by atoms with Gasteiger partial charge < -0.3 is 14.4 Å². The number of halogens is 1. The molecule has 0 aliphatic carbocycles. The number of amides is 1. The van der Waals surface area contributed by atoms with E-state index in [4.69, 9.17) is 21.1 Å². The molecule has 1 amide bonds. The molecule has 0 unspecified atom stereocenters.